The fourth-order valence-electron chi connectivity index (χ4n) is 2.14. The van der Waals surface area contributed by atoms with Crippen LogP contribution in [0.3, 0.4) is 0 Å². The summed E-state index contributed by atoms with van der Waals surface area (Å²) >= 11 is 7.74. The lowest BCUT2D eigenvalue weighted by atomic mass is 10.2. The number of amides is 1. The van der Waals surface area contributed by atoms with Crippen LogP contribution in [0.25, 0.3) is 10.1 Å². The molecule has 1 aromatic heterocycles. The Morgan fingerprint density at radius 3 is 2.59 bits per heavy atom. The Kier molecular flexibility index (Phi) is 4.05. The fourth-order valence-corrected chi connectivity index (χ4v) is 3.53. The smallest absolute Gasteiger partial charge is 0.267 e. The molecule has 1 amide bonds. The number of methoxy groups -OCH3 is 1. The first-order valence-electron chi connectivity index (χ1n) is 6.72. The molecule has 22 heavy (non-hydrogen) atoms. The van der Waals surface area contributed by atoms with Crippen LogP contribution in [0.5, 0.6) is 5.75 Å². The summed E-state index contributed by atoms with van der Waals surface area (Å²) in [4.78, 5) is 12.9. The highest BCUT2D eigenvalue weighted by molar-refractivity contribution is 7.21. The molecule has 0 saturated carbocycles. The molecule has 0 fully saturated rings. The highest BCUT2D eigenvalue weighted by Gasteiger charge is 2.17. The zero-order valence-electron chi connectivity index (χ0n) is 12.1. The minimum Gasteiger partial charge on any atom is -0.497 e. The molecule has 5 heteroatoms. The maximum Gasteiger partial charge on any atom is 0.267 e. The number of hydrogen-bond acceptors (Lipinski definition) is 3. The zero-order valence-corrected chi connectivity index (χ0v) is 13.7. The van der Waals surface area contributed by atoms with Gasteiger partial charge in [0.1, 0.15) is 10.6 Å². The Morgan fingerprint density at radius 2 is 1.91 bits per heavy atom. The molecule has 3 rings (SSSR count). The average Bonchev–Trinajstić information content (AvgIpc) is 2.86. The second-order valence-corrected chi connectivity index (χ2v) is 6.36. The highest BCUT2D eigenvalue weighted by Crippen LogP contribution is 2.37. The van der Waals surface area contributed by atoms with E-state index in [-0.39, 0.29) is 5.91 Å². The lowest BCUT2D eigenvalue weighted by Crippen LogP contribution is -2.10. The van der Waals surface area contributed by atoms with E-state index in [0.29, 0.717) is 9.90 Å². The van der Waals surface area contributed by atoms with Gasteiger partial charge >= 0.3 is 0 Å². The topological polar surface area (TPSA) is 38.3 Å². The largest absolute Gasteiger partial charge is 0.497 e. The van der Waals surface area contributed by atoms with E-state index in [9.17, 15) is 4.79 Å². The number of carbonyl (C=O) groups is 1. The van der Waals surface area contributed by atoms with Crippen molar-refractivity contribution in [1.82, 2.24) is 0 Å². The van der Waals surface area contributed by atoms with Crippen LogP contribution in [0.15, 0.2) is 42.5 Å². The van der Waals surface area contributed by atoms with Crippen molar-refractivity contribution in [2.24, 2.45) is 0 Å². The maximum atomic E-state index is 12.4. The molecule has 0 atom stereocenters. The molecule has 3 nitrogen and oxygen atoms in total. The summed E-state index contributed by atoms with van der Waals surface area (Å²) in [6.07, 6.45) is 0. The molecule has 1 heterocycles. The van der Waals surface area contributed by atoms with Gasteiger partial charge in [-0.25, -0.2) is 0 Å². The van der Waals surface area contributed by atoms with Gasteiger partial charge in [0.25, 0.3) is 5.91 Å². The third-order valence-corrected chi connectivity index (χ3v) is 5.02. The number of nitrogens with one attached hydrogen (secondary N) is 1. The first-order chi connectivity index (χ1) is 10.6. The normalized spacial score (nSPS) is 10.7. The first-order valence-corrected chi connectivity index (χ1v) is 7.92. The van der Waals surface area contributed by atoms with Crippen molar-refractivity contribution in [3.8, 4) is 5.75 Å². The van der Waals surface area contributed by atoms with E-state index >= 15 is 0 Å². The number of hydrogen-bond donors (Lipinski definition) is 1. The van der Waals surface area contributed by atoms with Gasteiger partial charge in [-0.1, -0.05) is 29.3 Å². The van der Waals surface area contributed by atoms with Crippen LogP contribution < -0.4 is 10.1 Å². The number of aryl methyl sites for hydroxylation is 1. The Hall–Kier alpha value is -2.04. The predicted octanol–water partition coefficient (Wildman–Crippen LogP) is 5.12. The summed E-state index contributed by atoms with van der Waals surface area (Å²) in [7, 11) is 1.60. The van der Waals surface area contributed by atoms with Crippen LogP contribution in [0.2, 0.25) is 5.02 Å². The molecule has 1 N–H and O–H groups in total. The van der Waals surface area contributed by atoms with Gasteiger partial charge in [-0.2, -0.15) is 0 Å². The first kappa shape index (κ1) is 14.9. The molecule has 3 aromatic rings. The number of halogens is 1. The number of rotatable bonds is 3. The lowest BCUT2D eigenvalue weighted by Gasteiger charge is -2.04. The van der Waals surface area contributed by atoms with Crippen molar-refractivity contribution >= 4 is 44.6 Å². The van der Waals surface area contributed by atoms with Crippen LogP contribution in [0, 0.1) is 6.92 Å². The Balaban J connectivity index is 1.93. The summed E-state index contributed by atoms with van der Waals surface area (Å²) in [6.45, 7) is 2.00. The summed E-state index contributed by atoms with van der Waals surface area (Å²) < 4.78 is 6.16. The predicted molar refractivity (Wildman–Crippen MR) is 92.5 cm³/mol. The van der Waals surface area contributed by atoms with Crippen molar-refractivity contribution in [3.63, 3.8) is 0 Å². The van der Waals surface area contributed by atoms with E-state index in [1.807, 2.05) is 49.4 Å². The van der Waals surface area contributed by atoms with Gasteiger partial charge in [0.2, 0.25) is 0 Å². The minimum absolute atomic E-state index is 0.200. The van der Waals surface area contributed by atoms with Gasteiger partial charge in [0.15, 0.2) is 0 Å². The molecule has 0 unspecified atom stereocenters. The van der Waals surface area contributed by atoms with Gasteiger partial charge < -0.3 is 10.1 Å². The fraction of sp³-hybridized carbons (Fsp3) is 0.118. The molecule has 0 aliphatic rings. The third kappa shape index (κ3) is 2.80. The molecule has 0 aliphatic carbocycles. The number of carbonyl (C=O) groups excluding carboxylic acids is 1. The van der Waals surface area contributed by atoms with E-state index in [1.165, 1.54) is 11.3 Å². The number of fused-ring (bicyclic) bond motifs is 1. The van der Waals surface area contributed by atoms with Crippen molar-refractivity contribution in [1.29, 1.82) is 0 Å². The Bertz CT molecular complexity index is 840. The molecule has 0 bridgehead atoms. The minimum atomic E-state index is -0.200. The number of thiophene rings is 1. The molecule has 0 aliphatic heterocycles. The maximum absolute atomic E-state index is 12.4. The monoisotopic (exact) mass is 331 g/mol. The molecule has 0 saturated heterocycles. The van der Waals surface area contributed by atoms with E-state index in [1.54, 1.807) is 7.11 Å². The van der Waals surface area contributed by atoms with Gasteiger partial charge in [-0.05, 0) is 37.3 Å². The van der Waals surface area contributed by atoms with E-state index < -0.39 is 0 Å². The molecule has 0 spiro atoms. The van der Waals surface area contributed by atoms with Gasteiger partial charge in [0.05, 0.1) is 12.1 Å². The number of anilines is 1. The van der Waals surface area contributed by atoms with Crippen LogP contribution in [-0.2, 0) is 0 Å². The van der Waals surface area contributed by atoms with Crippen LogP contribution in [-0.4, -0.2) is 13.0 Å². The van der Waals surface area contributed by atoms with Crippen molar-refractivity contribution < 1.29 is 9.53 Å². The summed E-state index contributed by atoms with van der Waals surface area (Å²) in [5.41, 5.74) is 1.90. The van der Waals surface area contributed by atoms with Gasteiger partial charge in [-0.3, -0.25) is 4.79 Å². The van der Waals surface area contributed by atoms with Crippen molar-refractivity contribution in [2.75, 3.05) is 12.4 Å². The van der Waals surface area contributed by atoms with Gasteiger partial charge in [0, 0.05) is 15.8 Å². The highest BCUT2D eigenvalue weighted by atomic mass is 35.5. The molecule has 112 valence electrons. The van der Waals surface area contributed by atoms with Crippen LogP contribution in [0.4, 0.5) is 5.69 Å². The number of ether oxygens (including phenoxy) is 1. The quantitative estimate of drug-likeness (QED) is 0.723. The molecule has 0 radical (unpaired) electrons. The summed E-state index contributed by atoms with van der Waals surface area (Å²) in [5.74, 6) is 0.520. The van der Waals surface area contributed by atoms with Gasteiger partial charge in [-0.15, -0.1) is 11.3 Å². The third-order valence-electron chi connectivity index (χ3n) is 3.35. The zero-order chi connectivity index (χ0) is 15.7. The molecular formula is C17H14ClNO2S. The molecular weight excluding hydrogens is 318 g/mol. The Morgan fingerprint density at radius 1 is 1.18 bits per heavy atom. The second kappa shape index (κ2) is 5.99. The second-order valence-electron chi connectivity index (χ2n) is 4.93. The standard InChI is InChI=1S/C17H14ClNO2S/c1-10-3-5-11(6-4-10)19-17(20)16-15(18)13-9-12(21-2)7-8-14(13)22-16/h3-9H,1-2H3,(H,19,20). The molecule has 2 aromatic carbocycles. The van der Waals surface area contributed by atoms with E-state index in [4.69, 9.17) is 16.3 Å². The average molecular weight is 332 g/mol. The SMILES string of the molecule is COc1ccc2sc(C(=O)Nc3ccc(C)cc3)c(Cl)c2c1. The van der Waals surface area contributed by atoms with Crippen molar-refractivity contribution in [3.05, 3.63) is 57.9 Å². The number of benzene rings is 2. The van der Waals surface area contributed by atoms with E-state index in [0.717, 1.165) is 27.1 Å². The summed E-state index contributed by atoms with van der Waals surface area (Å²) in [5, 5.41) is 4.17. The van der Waals surface area contributed by atoms with Crippen LogP contribution in [0.1, 0.15) is 15.2 Å². The van der Waals surface area contributed by atoms with E-state index in [2.05, 4.69) is 5.32 Å². The Labute approximate surface area is 137 Å². The summed E-state index contributed by atoms with van der Waals surface area (Å²) in [6, 6.07) is 13.3. The van der Waals surface area contributed by atoms with Crippen molar-refractivity contribution in [2.45, 2.75) is 6.92 Å². The van der Waals surface area contributed by atoms with Crippen LogP contribution >= 0.6 is 22.9 Å². The lowest BCUT2D eigenvalue weighted by molar-refractivity contribution is 0.103.